The second-order valence-corrected chi connectivity index (χ2v) is 8.42. The van der Waals surface area contributed by atoms with Gasteiger partial charge in [0.25, 0.3) is 5.69 Å². The maximum atomic E-state index is 11.2. The molecule has 3 aromatic rings. The number of anilines is 1. The highest BCUT2D eigenvalue weighted by Gasteiger charge is 2.38. The van der Waals surface area contributed by atoms with Crippen molar-refractivity contribution in [3.8, 4) is 5.75 Å². The Morgan fingerprint density at radius 3 is 2.58 bits per heavy atom. The van der Waals surface area contributed by atoms with Crippen molar-refractivity contribution < 1.29 is 9.66 Å². The quantitative estimate of drug-likeness (QED) is 0.278. The molecule has 3 aromatic carbocycles. The number of nitro groups is 1. The number of allylic oxidation sites excluding steroid dienone is 2. The third kappa shape index (κ3) is 3.89. The Hall–Kier alpha value is -3.31. The number of halogens is 1. The van der Waals surface area contributed by atoms with Gasteiger partial charge in [0.05, 0.1) is 11.0 Å². The van der Waals surface area contributed by atoms with Crippen LogP contribution in [0, 0.1) is 16.0 Å². The van der Waals surface area contributed by atoms with E-state index >= 15 is 0 Å². The van der Waals surface area contributed by atoms with Crippen LogP contribution in [0.2, 0.25) is 5.02 Å². The maximum Gasteiger partial charge on any atom is 0.269 e. The zero-order valence-corrected chi connectivity index (χ0v) is 17.5. The first-order chi connectivity index (χ1) is 15.1. The lowest BCUT2D eigenvalue weighted by Gasteiger charge is -2.37. The summed E-state index contributed by atoms with van der Waals surface area (Å²) >= 11 is 5.93. The molecule has 3 atom stereocenters. The summed E-state index contributed by atoms with van der Waals surface area (Å²) in [6.07, 6.45) is 5.31. The van der Waals surface area contributed by atoms with Gasteiger partial charge in [0, 0.05) is 28.8 Å². The molecule has 1 N–H and O–H groups in total. The second kappa shape index (κ2) is 8.08. The Morgan fingerprint density at radius 1 is 1.06 bits per heavy atom. The van der Waals surface area contributed by atoms with Gasteiger partial charge in [-0.15, -0.1) is 0 Å². The number of hydrogen-bond donors (Lipinski definition) is 1. The first-order valence-electron chi connectivity index (χ1n) is 10.3. The van der Waals surface area contributed by atoms with Crippen molar-refractivity contribution in [2.45, 2.75) is 25.0 Å². The van der Waals surface area contributed by atoms with E-state index in [0.29, 0.717) is 17.5 Å². The molecule has 0 bridgehead atoms. The van der Waals surface area contributed by atoms with Crippen LogP contribution in [-0.2, 0) is 6.61 Å². The van der Waals surface area contributed by atoms with Crippen LogP contribution >= 0.6 is 11.6 Å². The number of benzene rings is 3. The second-order valence-electron chi connectivity index (χ2n) is 7.99. The fraction of sp³-hybridized carbons (Fsp3) is 0.200. The van der Waals surface area contributed by atoms with Gasteiger partial charge in [-0.2, -0.15) is 0 Å². The maximum absolute atomic E-state index is 11.2. The molecule has 0 saturated carbocycles. The number of nitro benzene ring substituents is 1. The van der Waals surface area contributed by atoms with E-state index in [-0.39, 0.29) is 22.6 Å². The summed E-state index contributed by atoms with van der Waals surface area (Å²) in [6.45, 7) is 0.485. The normalized spacial score (nSPS) is 21.1. The lowest BCUT2D eigenvalue weighted by Crippen LogP contribution is -2.29. The zero-order chi connectivity index (χ0) is 21.4. The van der Waals surface area contributed by atoms with E-state index < -0.39 is 0 Å². The van der Waals surface area contributed by atoms with Crippen molar-refractivity contribution in [1.29, 1.82) is 0 Å². The number of fused-ring (bicyclic) bond motifs is 3. The van der Waals surface area contributed by atoms with Crippen molar-refractivity contribution >= 4 is 23.0 Å². The van der Waals surface area contributed by atoms with Crippen LogP contribution in [0.4, 0.5) is 11.4 Å². The summed E-state index contributed by atoms with van der Waals surface area (Å²) in [6, 6.07) is 21.1. The van der Waals surface area contributed by atoms with E-state index in [1.54, 1.807) is 12.1 Å². The molecule has 0 amide bonds. The molecule has 0 spiro atoms. The van der Waals surface area contributed by atoms with Gasteiger partial charge in [-0.1, -0.05) is 48.0 Å². The first-order valence-corrected chi connectivity index (χ1v) is 10.6. The number of nitrogens with one attached hydrogen (secondary N) is 1. The first kappa shape index (κ1) is 19.6. The van der Waals surface area contributed by atoms with Gasteiger partial charge in [-0.25, -0.2) is 0 Å². The van der Waals surface area contributed by atoms with E-state index in [2.05, 4.69) is 29.6 Å². The lowest BCUT2D eigenvalue weighted by atomic mass is 9.77. The molecule has 0 fully saturated rings. The summed E-state index contributed by atoms with van der Waals surface area (Å²) in [7, 11) is 0. The van der Waals surface area contributed by atoms with Crippen LogP contribution in [0.3, 0.4) is 0 Å². The minimum atomic E-state index is -0.331. The number of nitrogens with zero attached hydrogens (tertiary/aromatic N) is 1. The number of non-ortho nitro benzene ring substituents is 1. The molecule has 2 aliphatic rings. The van der Waals surface area contributed by atoms with Gasteiger partial charge < -0.3 is 10.1 Å². The van der Waals surface area contributed by atoms with E-state index in [9.17, 15) is 10.1 Å². The zero-order valence-electron chi connectivity index (χ0n) is 16.7. The Labute approximate surface area is 185 Å². The number of rotatable bonds is 5. The highest BCUT2D eigenvalue weighted by molar-refractivity contribution is 6.30. The Bertz CT molecular complexity index is 1140. The molecule has 0 radical (unpaired) electrons. The molecular formula is C25H21ClN2O3. The molecule has 6 heteroatoms. The molecule has 5 nitrogen and oxygen atoms in total. The third-order valence-corrected chi connectivity index (χ3v) is 6.37. The SMILES string of the molecule is O=[N+]([O-])c1ccc2c(c1)[C@@H]1C=CC[C@@H]1[C@H](c1ccc(OCc3ccc(Cl)cc3)cc1)N2. The highest BCUT2D eigenvalue weighted by Crippen LogP contribution is 2.50. The smallest absolute Gasteiger partial charge is 0.269 e. The monoisotopic (exact) mass is 432 g/mol. The highest BCUT2D eigenvalue weighted by atomic mass is 35.5. The summed E-state index contributed by atoms with van der Waals surface area (Å²) in [5, 5.41) is 15.5. The van der Waals surface area contributed by atoms with Crippen molar-refractivity contribution in [2.75, 3.05) is 5.32 Å². The van der Waals surface area contributed by atoms with Crippen molar-refractivity contribution in [3.63, 3.8) is 0 Å². The minimum Gasteiger partial charge on any atom is -0.489 e. The fourth-order valence-corrected chi connectivity index (χ4v) is 4.67. The van der Waals surface area contributed by atoms with Crippen LogP contribution < -0.4 is 10.1 Å². The van der Waals surface area contributed by atoms with E-state index in [0.717, 1.165) is 29.0 Å². The molecule has 5 rings (SSSR count). The van der Waals surface area contributed by atoms with Gasteiger partial charge in [0.15, 0.2) is 0 Å². The van der Waals surface area contributed by atoms with Crippen LogP contribution in [0.15, 0.2) is 78.9 Å². The number of ether oxygens (including phenoxy) is 1. The van der Waals surface area contributed by atoms with Gasteiger partial charge >= 0.3 is 0 Å². The third-order valence-electron chi connectivity index (χ3n) is 6.12. The average molecular weight is 433 g/mol. The Morgan fingerprint density at radius 2 is 1.84 bits per heavy atom. The van der Waals surface area contributed by atoms with Gasteiger partial charge in [-0.05, 0) is 59.4 Å². The lowest BCUT2D eigenvalue weighted by molar-refractivity contribution is -0.384. The number of hydrogen-bond acceptors (Lipinski definition) is 4. The van der Waals surface area contributed by atoms with Crippen LogP contribution in [0.5, 0.6) is 5.75 Å². The molecule has 156 valence electrons. The molecule has 0 unspecified atom stereocenters. The van der Waals surface area contributed by atoms with Gasteiger partial charge in [-0.3, -0.25) is 10.1 Å². The van der Waals surface area contributed by atoms with Crippen LogP contribution in [0.25, 0.3) is 0 Å². The molecule has 0 aromatic heterocycles. The fourth-order valence-electron chi connectivity index (χ4n) is 4.54. The molecule has 1 heterocycles. The van der Waals surface area contributed by atoms with Gasteiger partial charge in [0.2, 0.25) is 0 Å². The minimum absolute atomic E-state index is 0.138. The summed E-state index contributed by atoms with van der Waals surface area (Å²) in [5.74, 6) is 1.32. The molecular weight excluding hydrogens is 412 g/mol. The standard InChI is InChI=1S/C25H21ClN2O3/c26-18-8-4-16(5-9-18)15-31-20-11-6-17(7-12-20)25-22-3-1-2-21(22)23-14-19(28(29)30)10-13-24(23)27-25/h1-2,4-14,21-22,25,27H,3,15H2/t21-,22+,25+/m1/s1. The summed E-state index contributed by atoms with van der Waals surface area (Å²) in [4.78, 5) is 10.9. The van der Waals surface area contributed by atoms with E-state index in [1.165, 1.54) is 5.56 Å². The molecule has 31 heavy (non-hydrogen) atoms. The van der Waals surface area contributed by atoms with Crippen molar-refractivity contribution in [1.82, 2.24) is 0 Å². The van der Waals surface area contributed by atoms with Crippen LogP contribution in [0.1, 0.15) is 35.1 Å². The van der Waals surface area contributed by atoms with Crippen LogP contribution in [-0.4, -0.2) is 4.92 Å². The predicted molar refractivity (Wildman–Crippen MR) is 122 cm³/mol. The predicted octanol–water partition coefficient (Wildman–Crippen LogP) is 6.65. The van der Waals surface area contributed by atoms with Gasteiger partial charge in [0.1, 0.15) is 12.4 Å². The Balaban J connectivity index is 1.34. The summed E-state index contributed by atoms with van der Waals surface area (Å²) < 4.78 is 5.91. The summed E-state index contributed by atoms with van der Waals surface area (Å²) in [5.41, 5.74) is 4.35. The average Bonchev–Trinajstić information content (AvgIpc) is 3.28. The van der Waals surface area contributed by atoms with E-state index in [1.807, 2.05) is 42.5 Å². The van der Waals surface area contributed by atoms with E-state index in [4.69, 9.17) is 16.3 Å². The molecule has 1 aliphatic carbocycles. The molecule has 0 saturated heterocycles. The van der Waals surface area contributed by atoms with Crippen molar-refractivity contribution in [3.05, 3.63) is 111 Å². The largest absolute Gasteiger partial charge is 0.489 e. The molecule has 1 aliphatic heterocycles. The van der Waals surface area contributed by atoms with Crippen molar-refractivity contribution in [2.24, 2.45) is 5.92 Å². The Kier molecular flexibility index (Phi) is 5.12. The topological polar surface area (TPSA) is 64.4 Å².